The van der Waals surface area contributed by atoms with Crippen LogP contribution in [-0.4, -0.2) is 0 Å². The Balaban J connectivity index is 1.99. The van der Waals surface area contributed by atoms with E-state index in [0.717, 1.165) is 16.7 Å². The van der Waals surface area contributed by atoms with Crippen LogP contribution in [0.1, 0.15) is 29.5 Å². The number of benzene rings is 2. The molecule has 0 fully saturated rings. The zero-order valence-corrected chi connectivity index (χ0v) is 12.7. The molecule has 2 unspecified atom stereocenters. The van der Waals surface area contributed by atoms with Crippen LogP contribution in [0.3, 0.4) is 0 Å². The van der Waals surface area contributed by atoms with Crippen molar-refractivity contribution >= 4 is 5.57 Å². The van der Waals surface area contributed by atoms with E-state index in [1.807, 2.05) is 36.4 Å². The van der Waals surface area contributed by atoms with Gasteiger partial charge in [0.15, 0.2) is 0 Å². The molecule has 0 amide bonds. The Hall–Kier alpha value is -2.29. The van der Waals surface area contributed by atoms with Crippen molar-refractivity contribution in [1.82, 2.24) is 0 Å². The van der Waals surface area contributed by atoms with Gasteiger partial charge in [-0.2, -0.15) is 13.2 Å². The topological polar surface area (TPSA) is 0 Å². The van der Waals surface area contributed by atoms with Crippen molar-refractivity contribution in [2.24, 2.45) is 5.92 Å². The lowest BCUT2D eigenvalue weighted by atomic mass is 9.76. The Labute approximate surface area is 134 Å². The van der Waals surface area contributed by atoms with Gasteiger partial charge in [0.2, 0.25) is 0 Å². The Morgan fingerprint density at radius 3 is 2.13 bits per heavy atom. The molecule has 0 aliphatic heterocycles. The summed E-state index contributed by atoms with van der Waals surface area (Å²) in [6.45, 7) is 2.09. The molecule has 0 nitrogen and oxygen atoms in total. The highest BCUT2D eigenvalue weighted by Crippen LogP contribution is 2.41. The van der Waals surface area contributed by atoms with E-state index in [4.69, 9.17) is 0 Å². The van der Waals surface area contributed by atoms with Gasteiger partial charge in [-0.3, -0.25) is 0 Å². The molecule has 0 bridgehead atoms. The van der Waals surface area contributed by atoms with Crippen molar-refractivity contribution in [3.05, 3.63) is 89.5 Å². The predicted octanol–water partition coefficient (Wildman–Crippen LogP) is 6.08. The van der Waals surface area contributed by atoms with Crippen molar-refractivity contribution in [3.63, 3.8) is 0 Å². The first-order valence-corrected chi connectivity index (χ1v) is 7.58. The van der Waals surface area contributed by atoms with E-state index >= 15 is 0 Å². The molecule has 1 aliphatic carbocycles. The molecular formula is C20H17F3. The maximum absolute atomic E-state index is 12.8. The van der Waals surface area contributed by atoms with Gasteiger partial charge in [0.25, 0.3) is 0 Å². The van der Waals surface area contributed by atoms with E-state index < -0.39 is 11.7 Å². The average molecular weight is 314 g/mol. The maximum Gasteiger partial charge on any atom is 0.416 e. The minimum Gasteiger partial charge on any atom is -0.166 e. The van der Waals surface area contributed by atoms with Crippen molar-refractivity contribution in [3.8, 4) is 0 Å². The highest BCUT2D eigenvalue weighted by molar-refractivity contribution is 5.74. The summed E-state index contributed by atoms with van der Waals surface area (Å²) < 4.78 is 38.3. The summed E-state index contributed by atoms with van der Waals surface area (Å²) in [6.07, 6.45) is 1.87. The molecule has 0 N–H and O–H groups in total. The fraction of sp³-hybridized carbons (Fsp3) is 0.200. The van der Waals surface area contributed by atoms with Gasteiger partial charge in [0.05, 0.1) is 5.56 Å². The molecule has 2 atom stereocenters. The molecule has 0 saturated heterocycles. The normalized spacial score (nSPS) is 21.1. The second-order valence-electron chi connectivity index (χ2n) is 5.83. The van der Waals surface area contributed by atoms with Crippen LogP contribution in [0.15, 0.2) is 72.8 Å². The van der Waals surface area contributed by atoms with Gasteiger partial charge in [0, 0.05) is 5.92 Å². The van der Waals surface area contributed by atoms with Gasteiger partial charge in [-0.1, -0.05) is 67.6 Å². The Bertz CT molecular complexity index is 722. The van der Waals surface area contributed by atoms with Crippen molar-refractivity contribution in [2.45, 2.75) is 19.0 Å². The SMILES string of the molecule is CC1C=CC=C(c2ccccc2)C1c1ccc(C(F)(F)F)cc1. The molecule has 2 aromatic carbocycles. The summed E-state index contributed by atoms with van der Waals surface area (Å²) in [7, 11) is 0. The minimum absolute atomic E-state index is 0.0599. The van der Waals surface area contributed by atoms with Crippen molar-refractivity contribution in [2.75, 3.05) is 0 Å². The maximum atomic E-state index is 12.8. The smallest absolute Gasteiger partial charge is 0.166 e. The van der Waals surface area contributed by atoms with Gasteiger partial charge in [-0.25, -0.2) is 0 Å². The van der Waals surface area contributed by atoms with Gasteiger partial charge in [-0.05, 0) is 34.8 Å². The summed E-state index contributed by atoms with van der Waals surface area (Å²) in [5.74, 6) is 0.289. The molecule has 23 heavy (non-hydrogen) atoms. The van der Waals surface area contributed by atoms with Crippen LogP contribution in [0.4, 0.5) is 13.2 Å². The molecule has 1 aliphatic rings. The van der Waals surface area contributed by atoms with Crippen LogP contribution in [0.5, 0.6) is 0 Å². The molecule has 118 valence electrons. The third kappa shape index (κ3) is 3.24. The van der Waals surface area contributed by atoms with Crippen LogP contribution in [-0.2, 0) is 6.18 Å². The average Bonchev–Trinajstić information content (AvgIpc) is 2.55. The van der Waals surface area contributed by atoms with E-state index in [2.05, 4.69) is 19.1 Å². The summed E-state index contributed by atoms with van der Waals surface area (Å²) in [6, 6.07) is 15.5. The lowest BCUT2D eigenvalue weighted by molar-refractivity contribution is -0.137. The summed E-state index contributed by atoms with van der Waals surface area (Å²) in [5, 5.41) is 0. The number of rotatable bonds is 2. The highest BCUT2D eigenvalue weighted by Gasteiger charge is 2.31. The Morgan fingerprint density at radius 1 is 0.870 bits per heavy atom. The zero-order valence-electron chi connectivity index (χ0n) is 12.7. The van der Waals surface area contributed by atoms with Crippen LogP contribution >= 0.6 is 0 Å². The number of halogens is 3. The van der Waals surface area contributed by atoms with Crippen LogP contribution in [0.25, 0.3) is 5.57 Å². The third-order valence-electron chi connectivity index (χ3n) is 4.26. The second-order valence-corrected chi connectivity index (χ2v) is 5.83. The van der Waals surface area contributed by atoms with Crippen LogP contribution < -0.4 is 0 Å². The lowest BCUT2D eigenvalue weighted by Gasteiger charge is -2.28. The first-order chi connectivity index (χ1) is 11.0. The quantitative estimate of drug-likeness (QED) is 0.630. The first-order valence-electron chi connectivity index (χ1n) is 7.58. The molecule has 2 aromatic rings. The van der Waals surface area contributed by atoms with Gasteiger partial charge >= 0.3 is 6.18 Å². The van der Waals surface area contributed by atoms with E-state index in [-0.39, 0.29) is 11.8 Å². The van der Waals surface area contributed by atoms with E-state index in [9.17, 15) is 13.2 Å². The fourth-order valence-electron chi connectivity index (χ4n) is 3.10. The van der Waals surface area contributed by atoms with Gasteiger partial charge in [0.1, 0.15) is 0 Å². The predicted molar refractivity (Wildman–Crippen MR) is 86.9 cm³/mol. The minimum atomic E-state index is -4.30. The monoisotopic (exact) mass is 314 g/mol. The number of hydrogen-bond donors (Lipinski definition) is 0. The van der Waals surface area contributed by atoms with E-state index in [1.54, 1.807) is 12.1 Å². The number of alkyl halides is 3. The lowest BCUT2D eigenvalue weighted by Crippen LogP contribution is -2.13. The second kappa shape index (κ2) is 6.07. The standard InChI is InChI=1S/C20H17F3/c1-14-6-5-9-18(15-7-3-2-4-8-15)19(14)16-10-12-17(13-11-16)20(21,22)23/h2-14,19H,1H3. The van der Waals surface area contributed by atoms with Crippen LogP contribution in [0, 0.1) is 5.92 Å². The zero-order chi connectivity index (χ0) is 16.4. The number of hydrogen-bond acceptors (Lipinski definition) is 0. The number of allylic oxidation sites excluding steroid dienone is 4. The molecule has 0 heterocycles. The molecule has 0 saturated carbocycles. The van der Waals surface area contributed by atoms with E-state index in [0.29, 0.717) is 0 Å². The van der Waals surface area contributed by atoms with Gasteiger partial charge in [-0.15, -0.1) is 0 Å². The summed E-state index contributed by atoms with van der Waals surface area (Å²) >= 11 is 0. The van der Waals surface area contributed by atoms with Gasteiger partial charge < -0.3 is 0 Å². The third-order valence-corrected chi connectivity index (χ3v) is 4.26. The fourth-order valence-corrected chi connectivity index (χ4v) is 3.10. The molecule has 3 heteroatoms. The first kappa shape index (κ1) is 15.6. The summed E-state index contributed by atoms with van der Waals surface area (Å²) in [4.78, 5) is 0. The molecular weight excluding hydrogens is 297 g/mol. The Kier molecular flexibility index (Phi) is 4.12. The molecule has 0 radical (unpaired) electrons. The molecule has 0 aromatic heterocycles. The largest absolute Gasteiger partial charge is 0.416 e. The van der Waals surface area contributed by atoms with E-state index in [1.165, 1.54) is 12.1 Å². The van der Waals surface area contributed by atoms with Crippen molar-refractivity contribution < 1.29 is 13.2 Å². The molecule has 3 rings (SSSR count). The van der Waals surface area contributed by atoms with Crippen molar-refractivity contribution in [1.29, 1.82) is 0 Å². The Morgan fingerprint density at radius 2 is 1.52 bits per heavy atom. The van der Waals surface area contributed by atoms with Crippen LogP contribution in [0.2, 0.25) is 0 Å². The molecule has 0 spiro atoms. The summed E-state index contributed by atoms with van der Waals surface area (Å²) in [5.41, 5.74) is 2.55. The highest BCUT2D eigenvalue weighted by atomic mass is 19.4.